The molecule has 0 aromatic carbocycles. The summed E-state index contributed by atoms with van der Waals surface area (Å²) in [5.74, 6) is -1.13. The van der Waals surface area contributed by atoms with Crippen molar-refractivity contribution in [1.82, 2.24) is 0 Å². The van der Waals surface area contributed by atoms with Crippen LogP contribution in [0.2, 0.25) is 0 Å². The average molecular weight is 365 g/mol. The summed E-state index contributed by atoms with van der Waals surface area (Å²) in [6.45, 7) is 12.8. The summed E-state index contributed by atoms with van der Waals surface area (Å²) < 4.78 is 0. The fourth-order valence-electron chi connectivity index (χ4n) is 2.79. The highest BCUT2D eigenvalue weighted by Gasteiger charge is 2.44. The number of carbonyl (C=O) groups is 2. The Morgan fingerprint density at radius 3 is 1.88 bits per heavy atom. The van der Waals surface area contributed by atoms with Crippen molar-refractivity contribution in [3.63, 3.8) is 0 Å². The molecule has 3 unspecified atom stereocenters. The molecule has 0 spiro atoms. The first kappa shape index (κ1) is 24.3. The Labute approximate surface area is 158 Å². The van der Waals surface area contributed by atoms with E-state index in [4.69, 9.17) is 11.5 Å². The molecule has 3 atom stereocenters. The monoisotopic (exact) mass is 364 g/mol. The van der Waals surface area contributed by atoms with Crippen LogP contribution < -0.4 is 11.5 Å². The quantitative estimate of drug-likeness (QED) is 0.314. The van der Waals surface area contributed by atoms with Crippen LogP contribution in [0.15, 0.2) is 34.6 Å². The summed E-state index contributed by atoms with van der Waals surface area (Å²) in [7, 11) is 0. The first-order chi connectivity index (χ1) is 11.9. The van der Waals surface area contributed by atoms with Crippen LogP contribution in [0.4, 0.5) is 0 Å². The molecule has 0 aromatic rings. The number of nitrogens with two attached hydrogens (primary N) is 2. The average Bonchev–Trinajstić information content (AvgIpc) is 2.57. The molecule has 0 aliphatic carbocycles. The predicted octanol–water partition coefficient (Wildman–Crippen LogP) is 3.03. The second-order valence-electron chi connectivity index (χ2n) is 7.78. The van der Waals surface area contributed by atoms with Gasteiger partial charge in [0.25, 0.3) is 0 Å². The molecule has 0 aromatic heterocycles. The molecule has 0 heterocycles. The van der Waals surface area contributed by atoms with Gasteiger partial charge in [0.1, 0.15) is 6.29 Å². The number of hydrogen-bond donors (Lipinski definition) is 3. The van der Waals surface area contributed by atoms with Crippen LogP contribution in [-0.4, -0.2) is 28.8 Å². The van der Waals surface area contributed by atoms with Gasteiger partial charge >= 0.3 is 0 Å². The number of aldehydes is 1. The minimum Gasteiger partial charge on any atom is -0.400 e. The third kappa shape index (κ3) is 6.22. The Kier molecular flexibility index (Phi) is 9.74. The smallest absolute Gasteiger partial charge is 0.162 e. The van der Waals surface area contributed by atoms with Gasteiger partial charge in [0.2, 0.25) is 0 Å². The number of carbonyl (C=O) groups excluding carboxylic acids is 2. The molecule has 0 saturated heterocycles. The maximum Gasteiger partial charge on any atom is 0.162 e. The largest absolute Gasteiger partial charge is 0.400 e. The van der Waals surface area contributed by atoms with E-state index in [0.717, 1.165) is 17.4 Å². The summed E-state index contributed by atoms with van der Waals surface area (Å²) in [6, 6.07) is 0. The van der Waals surface area contributed by atoms with Crippen LogP contribution in [0.3, 0.4) is 0 Å². The number of rotatable bonds is 10. The molecule has 0 amide bonds. The van der Waals surface area contributed by atoms with Crippen molar-refractivity contribution < 1.29 is 14.7 Å². The summed E-state index contributed by atoms with van der Waals surface area (Å²) in [4.78, 5) is 24.2. The first-order valence-electron chi connectivity index (χ1n) is 9.09. The molecule has 0 bridgehead atoms. The Bertz CT molecular complexity index is 594. The molecule has 5 heteroatoms. The fraction of sp³-hybridized carbons (Fsp3) is 0.619. The SMILES string of the molecule is CC(C)=CCC(O)C(N)(/C(N)=C(\C)C(=O)C(C)C)C(C=O)CC=C(C)C. The minimum absolute atomic E-state index is 0.0881. The third-order valence-electron chi connectivity index (χ3n) is 4.62. The lowest BCUT2D eigenvalue weighted by atomic mass is 9.73. The lowest BCUT2D eigenvalue weighted by Gasteiger charge is -2.39. The van der Waals surface area contributed by atoms with Crippen molar-refractivity contribution in [3.05, 3.63) is 34.6 Å². The van der Waals surface area contributed by atoms with Crippen LogP contribution in [0.1, 0.15) is 61.3 Å². The van der Waals surface area contributed by atoms with E-state index in [1.54, 1.807) is 20.8 Å². The van der Waals surface area contributed by atoms with E-state index in [1.165, 1.54) is 0 Å². The van der Waals surface area contributed by atoms with Gasteiger partial charge in [-0.05, 0) is 47.5 Å². The Morgan fingerprint density at radius 2 is 1.50 bits per heavy atom. The number of aliphatic hydroxyl groups is 1. The van der Waals surface area contributed by atoms with E-state index in [9.17, 15) is 14.7 Å². The topological polar surface area (TPSA) is 106 Å². The molecular formula is C21H36N2O3. The minimum atomic E-state index is -1.52. The molecule has 5 N–H and O–H groups in total. The Balaban J connectivity index is 6.28. The number of allylic oxidation sites excluding steroid dienone is 4. The maximum absolute atomic E-state index is 12.4. The molecule has 0 fully saturated rings. The van der Waals surface area contributed by atoms with Gasteiger partial charge in [0, 0.05) is 23.1 Å². The van der Waals surface area contributed by atoms with E-state index < -0.39 is 17.6 Å². The van der Waals surface area contributed by atoms with Crippen LogP contribution in [-0.2, 0) is 9.59 Å². The molecular weight excluding hydrogens is 328 g/mol. The third-order valence-corrected chi connectivity index (χ3v) is 4.62. The standard InChI is InChI=1S/C21H36N2O3/c1-13(2)8-10-17(12-24)21(23,18(25)11-9-14(3)4)20(22)16(7)19(26)15(5)6/h8-9,12,15,17-18,25H,10-11,22-23H2,1-7H3/b20-16-. The Hall–Kier alpha value is -1.72. The van der Waals surface area contributed by atoms with Gasteiger partial charge in [-0.1, -0.05) is 37.1 Å². The van der Waals surface area contributed by atoms with Crippen molar-refractivity contribution in [2.24, 2.45) is 23.3 Å². The fourth-order valence-corrected chi connectivity index (χ4v) is 2.79. The summed E-state index contributed by atoms with van der Waals surface area (Å²) in [5.41, 5.74) is 13.8. The summed E-state index contributed by atoms with van der Waals surface area (Å²) in [6.07, 6.45) is 3.97. The maximum atomic E-state index is 12.4. The molecule has 0 aliphatic rings. The second kappa shape index (κ2) is 10.4. The molecule has 5 nitrogen and oxygen atoms in total. The molecule has 0 aliphatic heterocycles. The zero-order valence-electron chi connectivity index (χ0n) is 17.3. The van der Waals surface area contributed by atoms with Gasteiger partial charge in [0.15, 0.2) is 5.78 Å². The van der Waals surface area contributed by atoms with Gasteiger partial charge in [0.05, 0.1) is 11.6 Å². The van der Waals surface area contributed by atoms with Crippen molar-refractivity contribution >= 4 is 12.1 Å². The van der Waals surface area contributed by atoms with Crippen LogP contribution in [0.25, 0.3) is 0 Å². The van der Waals surface area contributed by atoms with Crippen molar-refractivity contribution in [2.75, 3.05) is 0 Å². The van der Waals surface area contributed by atoms with E-state index in [1.807, 2.05) is 39.8 Å². The van der Waals surface area contributed by atoms with Gasteiger partial charge < -0.3 is 21.4 Å². The Morgan fingerprint density at radius 1 is 1.04 bits per heavy atom. The second-order valence-corrected chi connectivity index (χ2v) is 7.78. The lowest BCUT2D eigenvalue weighted by molar-refractivity contribution is -0.118. The summed E-state index contributed by atoms with van der Waals surface area (Å²) in [5, 5.41) is 10.8. The van der Waals surface area contributed by atoms with Crippen molar-refractivity contribution in [2.45, 2.75) is 73.0 Å². The van der Waals surface area contributed by atoms with Crippen LogP contribution >= 0.6 is 0 Å². The number of Topliss-reactive ketones (excluding diaryl/α,β-unsaturated/α-hetero) is 1. The number of hydrogen-bond acceptors (Lipinski definition) is 5. The normalized spacial score (nSPS) is 16.8. The first-order valence-corrected chi connectivity index (χ1v) is 9.09. The van der Waals surface area contributed by atoms with E-state index in [2.05, 4.69) is 0 Å². The van der Waals surface area contributed by atoms with Crippen LogP contribution in [0, 0.1) is 11.8 Å². The highest BCUT2D eigenvalue weighted by atomic mass is 16.3. The molecule has 0 radical (unpaired) electrons. The number of aliphatic hydroxyl groups excluding tert-OH is 1. The van der Waals surface area contributed by atoms with Crippen LogP contribution in [0.5, 0.6) is 0 Å². The zero-order chi connectivity index (χ0) is 20.7. The highest BCUT2D eigenvalue weighted by Crippen LogP contribution is 2.31. The van der Waals surface area contributed by atoms with Gasteiger partial charge in [-0.25, -0.2) is 0 Å². The van der Waals surface area contributed by atoms with Gasteiger partial charge in [-0.2, -0.15) is 0 Å². The summed E-state index contributed by atoms with van der Waals surface area (Å²) >= 11 is 0. The van der Waals surface area contributed by atoms with Crippen molar-refractivity contribution in [1.29, 1.82) is 0 Å². The van der Waals surface area contributed by atoms with Crippen molar-refractivity contribution in [3.8, 4) is 0 Å². The predicted molar refractivity (Wildman–Crippen MR) is 107 cm³/mol. The highest BCUT2D eigenvalue weighted by molar-refractivity contribution is 5.97. The molecule has 26 heavy (non-hydrogen) atoms. The van der Waals surface area contributed by atoms with E-state index in [-0.39, 0.29) is 23.8 Å². The van der Waals surface area contributed by atoms with Gasteiger partial charge in [-0.3, -0.25) is 4.79 Å². The number of ketones is 1. The zero-order valence-corrected chi connectivity index (χ0v) is 17.3. The molecule has 0 saturated carbocycles. The van der Waals surface area contributed by atoms with E-state index in [0.29, 0.717) is 12.0 Å². The lowest BCUT2D eigenvalue weighted by Crippen LogP contribution is -2.61. The van der Waals surface area contributed by atoms with E-state index >= 15 is 0 Å². The molecule has 148 valence electrons. The van der Waals surface area contributed by atoms with Gasteiger partial charge in [-0.15, -0.1) is 0 Å². The molecule has 0 rings (SSSR count).